The van der Waals surface area contributed by atoms with Gasteiger partial charge < -0.3 is 9.64 Å². The molecule has 0 aliphatic carbocycles. The predicted molar refractivity (Wildman–Crippen MR) is 90.1 cm³/mol. The Kier molecular flexibility index (Phi) is 4.91. The third kappa shape index (κ3) is 3.69. The van der Waals surface area contributed by atoms with E-state index in [2.05, 4.69) is 15.3 Å². The summed E-state index contributed by atoms with van der Waals surface area (Å²) in [4.78, 5) is 23.4. The van der Waals surface area contributed by atoms with Crippen LogP contribution in [0.5, 0.6) is 5.88 Å². The smallest absolute Gasteiger partial charge is 0.254 e. The number of hydrogen-bond donors (Lipinski definition) is 0. The zero-order valence-electron chi connectivity index (χ0n) is 13.5. The van der Waals surface area contributed by atoms with E-state index in [9.17, 15) is 4.79 Å². The Labute approximate surface area is 140 Å². The Bertz CT molecular complexity index is 686. The minimum Gasteiger partial charge on any atom is -0.478 e. The molecule has 0 radical (unpaired) electrons. The second-order valence-electron chi connectivity index (χ2n) is 5.73. The molecular weight excluding hydrogens is 310 g/mol. The van der Waals surface area contributed by atoms with E-state index < -0.39 is 0 Å². The summed E-state index contributed by atoms with van der Waals surface area (Å²) in [6.45, 7) is 5.99. The predicted octanol–water partition coefficient (Wildman–Crippen LogP) is 3.27. The summed E-state index contributed by atoms with van der Waals surface area (Å²) in [6.07, 6.45) is 3.74. The van der Waals surface area contributed by atoms with Crippen LogP contribution in [0.4, 0.5) is 0 Å². The molecule has 0 saturated carbocycles. The molecule has 1 saturated heterocycles. The summed E-state index contributed by atoms with van der Waals surface area (Å²) >= 11 is 1.70. The van der Waals surface area contributed by atoms with E-state index in [1.807, 2.05) is 18.7 Å². The number of pyridine rings is 1. The number of carbonyl (C=O) groups is 1. The second-order valence-corrected chi connectivity index (χ2v) is 6.62. The van der Waals surface area contributed by atoms with Gasteiger partial charge in [-0.3, -0.25) is 4.79 Å². The van der Waals surface area contributed by atoms with E-state index in [0.717, 1.165) is 36.6 Å². The fourth-order valence-corrected chi connectivity index (χ4v) is 3.80. The molecule has 3 rings (SSSR count). The standard InChI is InChI=1S/C17H21N3O2S/c1-3-22-15-9-13(6-7-18-15)17(21)20-8-4-5-14(10-20)16-19-12(2)11-23-16/h6-7,9,11,14H,3-5,8,10H2,1-2H3/t14-/m1/s1. The number of amides is 1. The van der Waals surface area contributed by atoms with Gasteiger partial charge in [-0.05, 0) is 32.8 Å². The molecule has 0 bridgehead atoms. The number of aryl methyl sites for hydroxylation is 1. The van der Waals surface area contributed by atoms with Gasteiger partial charge in [-0.1, -0.05) is 0 Å². The number of aromatic nitrogens is 2. The number of thiazole rings is 1. The van der Waals surface area contributed by atoms with E-state index in [-0.39, 0.29) is 5.91 Å². The van der Waals surface area contributed by atoms with Crippen LogP contribution >= 0.6 is 11.3 Å². The largest absolute Gasteiger partial charge is 0.478 e. The van der Waals surface area contributed by atoms with Crippen LogP contribution in [-0.2, 0) is 0 Å². The molecule has 0 unspecified atom stereocenters. The molecule has 1 atom stereocenters. The highest BCUT2D eigenvalue weighted by Crippen LogP contribution is 2.30. The van der Waals surface area contributed by atoms with Crippen molar-refractivity contribution in [2.75, 3.05) is 19.7 Å². The topological polar surface area (TPSA) is 55.3 Å². The number of ether oxygens (including phenoxy) is 1. The van der Waals surface area contributed by atoms with Crippen LogP contribution < -0.4 is 4.74 Å². The number of piperidine rings is 1. The number of rotatable bonds is 4. The molecule has 2 aromatic heterocycles. The SMILES string of the molecule is CCOc1cc(C(=O)N2CCC[C@@H](c3nc(C)cs3)C2)ccn1. The van der Waals surface area contributed by atoms with Crippen molar-refractivity contribution in [2.24, 2.45) is 0 Å². The molecule has 1 aliphatic heterocycles. The van der Waals surface area contributed by atoms with Crippen molar-refractivity contribution in [1.82, 2.24) is 14.9 Å². The lowest BCUT2D eigenvalue weighted by atomic mass is 9.98. The first-order valence-electron chi connectivity index (χ1n) is 7.97. The summed E-state index contributed by atoms with van der Waals surface area (Å²) in [5, 5.41) is 3.22. The van der Waals surface area contributed by atoms with E-state index in [1.165, 1.54) is 0 Å². The van der Waals surface area contributed by atoms with E-state index >= 15 is 0 Å². The van der Waals surface area contributed by atoms with Crippen LogP contribution in [-0.4, -0.2) is 40.5 Å². The molecule has 1 aliphatic rings. The van der Waals surface area contributed by atoms with E-state index in [1.54, 1.807) is 29.7 Å². The molecule has 1 fully saturated rings. The van der Waals surface area contributed by atoms with Crippen LogP contribution in [0.3, 0.4) is 0 Å². The summed E-state index contributed by atoms with van der Waals surface area (Å²) in [7, 11) is 0. The average molecular weight is 331 g/mol. The Morgan fingerprint density at radius 1 is 1.52 bits per heavy atom. The molecular formula is C17H21N3O2S. The summed E-state index contributed by atoms with van der Waals surface area (Å²) < 4.78 is 5.39. The van der Waals surface area contributed by atoms with Gasteiger partial charge in [0.1, 0.15) is 0 Å². The third-order valence-electron chi connectivity index (χ3n) is 3.97. The van der Waals surface area contributed by atoms with Crippen molar-refractivity contribution in [1.29, 1.82) is 0 Å². The minimum absolute atomic E-state index is 0.0475. The lowest BCUT2D eigenvalue weighted by molar-refractivity contribution is 0.0706. The lowest BCUT2D eigenvalue weighted by Crippen LogP contribution is -2.39. The van der Waals surface area contributed by atoms with Gasteiger partial charge >= 0.3 is 0 Å². The van der Waals surface area contributed by atoms with Crippen LogP contribution in [0, 0.1) is 6.92 Å². The van der Waals surface area contributed by atoms with Crippen molar-refractivity contribution in [3.8, 4) is 5.88 Å². The molecule has 6 heteroatoms. The summed E-state index contributed by atoms with van der Waals surface area (Å²) in [5.74, 6) is 0.897. The molecule has 23 heavy (non-hydrogen) atoms. The number of carbonyl (C=O) groups excluding carboxylic acids is 1. The molecule has 3 heterocycles. The van der Waals surface area contributed by atoms with Gasteiger partial charge in [0.15, 0.2) is 0 Å². The van der Waals surface area contributed by atoms with Gasteiger partial charge in [-0.15, -0.1) is 11.3 Å². The average Bonchev–Trinajstić information content (AvgIpc) is 3.01. The molecule has 0 N–H and O–H groups in total. The Hall–Kier alpha value is -1.95. The molecule has 0 aromatic carbocycles. The van der Waals surface area contributed by atoms with Gasteiger partial charge in [-0.2, -0.15) is 0 Å². The monoisotopic (exact) mass is 331 g/mol. The molecule has 2 aromatic rings. The Balaban J connectivity index is 1.73. The fourth-order valence-electron chi connectivity index (χ4n) is 2.87. The summed E-state index contributed by atoms with van der Waals surface area (Å²) in [5.41, 5.74) is 1.70. The maximum absolute atomic E-state index is 12.8. The molecule has 1 amide bonds. The van der Waals surface area contributed by atoms with Gasteiger partial charge in [0.2, 0.25) is 5.88 Å². The maximum Gasteiger partial charge on any atom is 0.254 e. The van der Waals surface area contributed by atoms with Crippen LogP contribution in [0.1, 0.15) is 46.7 Å². The van der Waals surface area contributed by atoms with Crippen molar-refractivity contribution < 1.29 is 9.53 Å². The highest BCUT2D eigenvalue weighted by molar-refractivity contribution is 7.09. The van der Waals surface area contributed by atoms with Gasteiger partial charge in [0.05, 0.1) is 11.6 Å². The number of likely N-dealkylation sites (tertiary alicyclic amines) is 1. The first-order valence-corrected chi connectivity index (χ1v) is 8.85. The van der Waals surface area contributed by atoms with Crippen LogP contribution in [0.15, 0.2) is 23.7 Å². The lowest BCUT2D eigenvalue weighted by Gasteiger charge is -2.32. The second kappa shape index (κ2) is 7.08. The third-order valence-corrected chi connectivity index (χ3v) is 5.09. The van der Waals surface area contributed by atoms with Crippen LogP contribution in [0.2, 0.25) is 0 Å². The first kappa shape index (κ1) is 15.9. The van der Waals surface area contributed by atoms with Crippen molar-refractivity contribution in [2.45, 2.75) is 32.6 Å². The Morgan fingerprint density at radius 2 is 2.39 bits per heavy atom. The van der Waals surface area contributed by atoms with Crippen molar-refractivity contribution in [3.63, 3.8) is 0 Å². The molecule has 0 spiro atoms. The molecule has 122 valence electrons. The quantitative estimate of drug-likeness (QED) is 0.863. The zero-order valence-corrected chi connectivity index (χ0v) is 14.3. The van der Waals surface area contributed by atoms with Gasteiger partial charge in [-0.25, -0.2) is 9.97 Å². The normalized spacial score (nSPS) is 18.0. The van der Waals surface area contributed by atoms with Crippen molar-refractivity contribution >= 4 is 17.2 Å². The van der Waals surface area contributed by atoms with Gasteiger partial charge in [0, 0.05) is 47.9 Å². The fraction of sp³-hybridized carbons (Fsp3) is 0.471. The minimum atomic E-state index is 0.0475. The highest BCUT2D eigenvalue weighted by Gasteiger charge is 2.27. The summed E-state index contributed by atoms with van der Waals surface area (Å²) in [6, 6.07) is 3.48. The van der Waals surface area contributed by atoms with E-state index in [4.69, 9.17) is 4.74 Å². The maximum atomic E-state index is 12.8. The van der Waals surface area contributed by atoms with Crippen molar-refractivity contribution in [3.05, 3.63) is 40.0 Å². The van der Waals surface area contributed by atoms with Crippen LogP contribution in [0.25, 0.3) is 0 Å². The number of hydrogen-bond acceptors (Lipinski definition) is 5. The first-order chi connectivity index (χ1) is 11.2. The van der Waals surface area contributed by atoms with E-state index in [0.29, 0.717) is 24.0 Å². The zero-order chi connectivity index (χ0) is 16.2. The van der Waals surface area contributed by atoms with Gasteiger partial charge in [0.25, 0.3) is 5.91 Å². The highest BCUT2D eigenvalue weighted by atomic mass is 32.1. The molecule has 5 nitrogen and oxygen atoms in total. The number of nitrogens with zero attached hydrogens (tertiary/aromatic N) is 3. The Morgan fingerprint density at radius 3 is 3.13 bits per heavy atom.